The number of rotatable bonds is 11. The molecule has 1 amide bonds. The van der Waals surface area contributed by atoms with Gasteiger partial charge >= 0.3 is 5.97 Å². The van der Waals surface area contributed by atoms with Crippen molar-refractivity contribution in [3.8, 4) is 17.6 Å². The maximum absolute atomic E-state index is 13.1. The van der Waals surface area contributed by atoms with Crippen LogP contribution in [0.1, 0.15) is 40.9 Å². The number of aliphatic hydroxyl groups excluding tert-OH is 1. The van der Waals surface area contributed by atoms with Gasteiger partial charge in [0.1, 0.15) is 11.9 Å². The molecule has 2 N–H and O–H groups in total. The average molecular weight is 517 g/mol. The standard InChI is InChI=1S/C29H28N2O7/c1-2-37-28(33)19-18-26(32)23-12-6-8-14-25(23)30-29(34)24-13-7-9-15-27(24)38-20-22(31(35)36)17-16-21-10-4-3-5-11-21/h3-15,22,26,32H,2,16-17,20H2,1H3,(H,30,34). The van der Waals surface area contributed by atoms with Crippen molar-refractivity contribution < 1.29 is 29.1 Å². The van der Waals surface area contributed by atoms with E-state index in [-0.39, 0.29) is 47.1 Å². The molecule has 0 spiro atoms. The smallest absolute Gasteiger partial charge is 0.384 e. The molecular weight excluding hydrogens is 488 g/mol. The van der Waals surface area contributed by atoms with E-state index in [1.54, 1.807) is 49.4 Å². The van der Waals surface area contributed by atoms with Crippen LogP contribution in [0.25, 0.3) is 0 Å². The quantitative estimate of drug-likeness (QED) is 0.129. The number of nitrogens with one attached hydrogen (secondary N) is 1. The summed E-state index contributed by atoms with van der Waals surface area (Å²) < 4.78 is 10.5. The zero-order valence-electron chi connectivity index (χ0n) is 20.8. The highest BCUT2D eigenvalue weighted by Gasteiger charge is 2.23. The molecule has 3 aromatic carbocycles. The Morgan fingerprint density at radius 3 is 2.45 bits per heavy atom. The van der Waals surface area contributed by atoms with Gasteiger partial charge < -0.3 is 19.9 Å². The normalized spacial score (nSPS) is 11.8. The second-order valence-corrected chi connectivity index (χ2v) is 8.20. The van der Waals surface area contributed by atoms with Crippen molar-refractivity contribution in [2.75, 3.05) is 18.5 Å². The molecule has 9 heteroatoms. The molecule has 0 heterocycles. The van der Waals surface area contributed by atoms with Gasteiger partial charge in [0.2, 0.25) is 6.04 Å². The van der Waals surface area contributed by atoms with Crippen LogP contribution in [0, 0.1) is 22.0 Å². The first-order valence-electron chi connectivity index (χ1n) is 12.0. The molecule has 3 rings (SSSR count). The van der Waals surface area contributed by atoms with Crippen LogP contribution >= 0.6 is 0 Å². The number of carbonyl (C=O) groups excluding carboxylic acids is 2. The molecule has 0 saturated carbocycles. The summed E-state index contributed by atoms with van der Waals surface area (Å²) in [6, 6.07) is 21.4. The van der Waals surface area contributed by atoms with E-state index in [4.69, 9.17) is 9.47 Å². The second-order valence-electron chi connectivity index (χ2n) is 8.20. The van der Waals surface area contributed by atoms with Crippen LogP contribution in [-0.2, 0) is 16.0 Å². The summed E-state index contributed by atoms with van der Waals surface area (Å²) in [5.41, 5.74) is 1.72. The van der Waals surface area contributed by atoms with Crippen LogP contribution in [0.2, 0.25) is 0 Å². The first kappa shape index (κ1) is 27.9. The number of benzene rings is 3. The minimum Gasteiger partial charge on any atom is -0.486 e. The summed E-state index contributed by atoms with van der Waals surface area (Å²) in [4.78, 5) is 35.9. The van der Waals surface area contributed by atoms with E-state index in [0.29, 0.717) is 6.42 Å². The number of hydrogen-bond donors (Lipinski definition) is 2. The summed E-state index contributed by atoms with van der Waals surface area (Å²) >= 11 is 0. The van der Waals surface area contributed by atoms with E-state index in [2.05, 4.69) is 17.2 Å². The molecule has 0 bridgehead atoms. The Balaban J connectivity index is 1.71. The van der Waals surface area contributed by atoms with Crippen LogP contribution in [0.15, 0.2) is 78.9 Å². The number of para-hydroxylation sites is 2. The van der Waals surface area contributed by atoms with Crippen molar-refractivity contribution in [3.05, 3.63) is 106 Å². The summed E-state index contributed by atoms with van der Waals surface area (Å²) in [5.74, 6) is 3.50. The molecule has 9 nitrogen and oxygen atoms in total. The third-order valence-corrected chi connectivity index (χ3v) is 5.56. The summed E-state index contributed by atoms with van der Waals surface area (Å²) in [6.07, 6.45) is -0.549. The molecular formula is C29H28N2O7. The fourth-order valence-corrected chi connectivity index (χ4v) is 3.60. The minimum absolute atomic E-state index is 0.160. The van der Waals surface area contributed by atoms with Gasteiger partial charge in [0, 0.05) is 28.5 Å². The maximum atomic E-state index is 13.1. The Morgan fingerprint density at radius 2 is 1.71 bits per heavy atom. The van der Waals surface area contributed by atoms with Crippen LogP contribution in [-0.4, -0.2) is 41.2 Å². The lowest BCUT2D eigenvalue weighted by molar-refractivity contribution is -0.525. The Kier molecular flexibility index (Phi) is 10.4. The van der Waals surface area contributed by atoms with Gasteiger partial charge in [0.15, 0.2) is 6.61 Å². The van der Waals surface area contributed by atoms with E-state index in [0.717, 1.165) is 5.56 Å². The van der Waals surface area contributed by atoms with Crippen molar-refractivity contribution in [3.63, 3.8) is 0 Å². The highest BCUT2D eigenvalue weighted by Crippen LogP contribution is 2.25. The number of aliphatic hydroxyl groups is 1. The van der Waals surface area contributed by atoms with Gasteiger partial charge in [-0.2, -0.15) is 0 Å². The number of hydrogen-bond acceptors (Lipinski definition) is 7. The molecule has 0 aliphatic rings. The predicted octanol–water partition coefficient (Wildman–Crippen LogP) is 4.20. The number of ether oxygens (including phenoxy) is 2. The van der Waals surface area contributed by atoms with E-state index >= 15 is 0 Å². The molecule has 196 valence electrons. The number of carbonyl (C=O) groups is 2. The van der Waals surface area contributed by atoms with Gasteiger partial charge in [0.05, 0.1) is 12.2 Å². The van der Waals surface area contributed by atoms with Crippen LogP contribution in [0.3, 0.4) is 0 Å². The average Bonchev–Trinajstić information content (AvgIpc) is 2.92. The Hall–Kier alpha value is -4.68. The number of amides is 1. The van der Waals surface area contributed by atoms with Gasteiger partial charge in [-0.15, -0.1) is 0 Å². The van der Waals surface area contributed by atoms with Crippen molar-refractivity contribution in [2.24, 2.45) is 0 Å². The zero-order chi connectivity index (χ0) is 27.3. The lowest BCUT2D eigenvalue weighted by atomic mass is 10.1. The first-order chi connectivity index (χ1) is 18.4. The molecule has 0 radical (unpaired) electrons. The zero-order valence-corrected chi connectivity index (χ0v) is 20.8. The fraction of sp³-hybridized carbons (Fsp3) is 0.241. The molecule has 0 fully saturated rings. The lowest BCUT2D eigenvalue weighted by Crippen LogP contribution is -2.28. The van der Waals surface area contributed by atoms with E-state index in [1.165, 1.54) is 6.07 Å². The van der Waals surface area contributed by atoms with Crippen molar-refractivity contribution >= 4 is 17.6 Å². The third-order valence-electron chi connectivity index (χ3n) is 5.56. The largest absolute Gasteiger partial charge is 0.486 e. The second kappa shape index (κ2) is 14.2. The Bertz CT molecular complexity index is 1320. The molecule has 38 heavy (non-hydrogen) atoms. The van der Waals surface area contributed by atoms with Crippen molar-refractivity contribution in [2.45, 2.75) is 31.9 Å². The van der Waals surface area contributed by atoms with Gasteiger partial charge in [0.25, 0.3) is 5.91 Å². The SMILES string of the molecule is CCOC(=O)C#CC(O)c1ccccc1NC(=O)c1ccccc1OCC(CCc1ccccc1)[N+](=O)[O-]. The van der Waals surface area contributed by atoms with E-state index in [1.807, 2.05) is 30.3 Å². The van der Waals surface area contributed by atoms with Gasteiger partial charge in [-0.3, -0.25) is 14.9 Å². The van der Waals surface area contributed by atoms with Gasteiger partial charge in [-0.1, -0.05) is 66.6 Å². The summed E-state index contributed by atoms with van der Waals surface area (Å²) in [7, 11) is 0. The molecule has 0 aliphatic heterocycles. The number of esters is 1. The van der Waals surface area contributed by atoms with Crippen LogP contribution in [0.5, 0.6) is 5.75 Å². The Morgan fingerprint density at radius 1 is 1.03 bits per heavy atom. The molecule has 2 unspecified atom stereocenters. The monoisotopic (exact) mass is 516 g/mol. The molecule has 3 aromatic rings. The third kappa shape index (κ3) is 8.18. The van der Waals surface area contributed by atoms with E-state index < -0.39 is 24.0 Å². The highest BCUT2D eigenvalue weighted by atomic mass is 16.6. The van der Waals surface area contributed by atoms with E-state index in [9.17, 15) is 24.8 Å². The summed E-state index contributed by atoms with van der Waals surface area (Å²) in [5, 5.41) is 24.8. The van der Waals surface area contributed by atoms with Crippen molar-refractivity contribution in [1.29, 1.82) is 0 Å². The molecule has 2 atom stereocenters. The molecule has 0 aliphatic carbocycles. The summed E-state index contributed by atoms with van der Waals surface area (Å²) in [6.45, 7) is 1.60. The fourth-order valence-electron chi connectivity index (χ4n) is 3.60. The van der Waals surface area contributed by atoms with Crippen LogP contribution in [0.4, 0.5) is 5.69 Å². The number of anilines is 1. The predicted molar refractivity (Wildman–Crippen MR) is 141 cm³/mol. The van der Waals surface area contributed by atoms with Crippen molar-refractivity contribution in [1.82, 2.24) is 0 Å². The minimum atomic E-state index is -1.35. The number of aryl methyl sites for hydroxylation is 1. The number of nitro groups is 1. The topological polar surface area (TPSA) is 128 Å². The number of nitrogens with zero attached hydrogens (tertiary/aromatic N) is 1. The highest BCUT2D eigenvalue weighted by molar-refractivity contribution is 6.06. The van der Waals surface area contributed by atoms with Gasteiger partial charge in [-0.05, 0) is 37.1 Å². The molecule has 0 aromatic heterocycles. The molecule has 0 saturated heterocycles. The van der Waals surface area contributed by atoms with Gasteiger partial charge in [-0.25, -0.2) is 4.79 Å². The lowest BCUT2D eigenvalue weighted by Gasteiger charge is -2.16. The first-order valence-corrected chi connectivity index (χ1v) is 12.0. The Labute approximate surface area is 220 Å². The van der Waals surface area contributed by atoms with Crippen LogP contribution < -0.4 is 10.1 Å². The maximum Gasteiger partial charge on any atom is 0.384 e.